The molecule has 0 aliphatic rings. The molecule has 0 bridgehead atoms. The van der Waals surface area contributed by atoms with E-state index < -0.39 is 15.0 Å². The topological polar surface area (TPSA) is 148 Å². The summed E-state index contributed by atoms with van der Waals surface area (Å²) >= 11 is 0. The summed E-state index contributed by atoms with van der Waals surface area (Å²) in [7, 11) is -4.27. The van der Waals surface area contributed by atoms with Crippen LogP contribution in [0.3, 0.4) is 0 Å². The third-order valence-corrected chi connectivity index (χ3v) is 7.48. The SMILES string of the molecule is CC(C)(C)c1cc(CCC(=O)N/N=C\c2ccc(OS(=O)(=O)c3cccc([N+](=O)[O-])c3)cc2)cc(C(C)(C)C)c1O. The Morgan fingerprint density at radius 3 is 2.12 bits per heavy atom. The highest BCUT2D eigenvalue weighted by Gasteiger charge is 2.26. The van der Waals surface area contributed by atoms with Crippen LogP contribution in [0.5, 0.6) is 11.5 Å². The van der Waals surface area contributed by atoms with E-state index in [4.69, 9.17) is 4.18 Å². The van der Waals surface area contributed by atoms with Crippen LogP contribution in [-0.4, -0.2) is 30.6 Å². The van der Waals surface area contributed by atoms with Crippen molar-refractivity contribution in [1.82, 2.24) is 5.43 Å². The predicted octanol–water partition coefficient (Wildman–Crippen LogP) is 5.75. The molecular formula is C30H35N3O7S. The Bertz CT molecular complexity index is 1530. The number of nitrogens with zero attached hydrogens (tertiary/aromatic N) is 2. The number of nitro groups is 1. The van der Waals surface area contributed by atoms with Gasteiger partial charge in [0.2, 0.25) is 5.91 Å². The number of carbonyl (C=O) groups is 1. The molecule has 3 rings (SSSR count). The number of phenols is 1. The molecule has 3 aromatic rings. The number of non-ortho nitro benzene ring substituents is 1. The Kier molecular flexibility index (Phi) is 9.23. The first-order valence-electron chi connectivity index (χ1n) is 12.9. The highest BCUT2D eigenvalue weighted by Crippen LogP contribution is 2.40. The van der Waals surface area contributed by atoms with Gasteiger partial charge in [0.25, 0.3) is 5.69 Å². The van der Waals surface area contributed by atoms with Crippen molar-refractivity contribution in [1.29, 1.82) is 0 Å². The molecule has 41 heavy (non-hydrogen) atoms. The van der Waals surface area contributed by atoms with Crippen molar-refractivity contribution in [2.45, 2.75) is 70.1 Å². The summed E-state index contributed by atoms with van der Waals surface area (Å²) in [5.74, 6) is 0.0173. The molecule has 0 saturated heterocycles. The van der Waals surface area contributed by atoms with Gasteiger partial charge in [-0.3, -0.25) is 14.9 Å². The second-order valence-corrected chi connectivity index (χ2v) is 13.2. The smallest absolute Gasteiger partial charge is 0.339 e. The minimum Gasteiger partial charge on any atom is -0.507 e. The molecule has 0 aliphatic heterocycles. The molecule has 0 fully saturated rings. The van der Waals surface area contributed by atoms with Gasteiger partial charge >= 0.3 is 10.1 Å². The number of hydrogen-bond acceptors (Lipinski definition) is 8. The van der Waals surface area contributed by atoms with Crippen molar-refractivity contribution >= 4 is 27.9 Å². The zero-order valence-electron chi connectivity index (χ0n) is 24.0. The number of phenolic OH excluding ortho intramolecular Hbond substituents is 1. The molecule has 0 aromatic heterocycles. The van der Waals surface area contributed by atoms with Gasteiger partial charge in [-0.1, -0.05) is 59.7 Å². The standard InChI is InChI=1S/C30H35N3O7S/c1-29(2,3)25-16-21(17-26(28(25)35)30(4,5)6)12-15-27(34)32-31-19-20-10-13-23(14-11-20)40-41(38,39)24-9-7-8-22(18-24)33(36)37/h7-11,13-14,16-19,35H,12,15H2,1-6H3,(H,32,34)/b31-19-. The van der Waals surface area contributed by atoms with Gasteiger partial charge in [0, 0.05) is 18.6 Å². The maximum absolute atomic E-state index is 12.5. The number of benzene rings is 3. The summed E-state index contributed by atoms with van der Waals surface area (Å²) in [5, 5.41) is 25.8. The lowest BCUT2D eigenvalue weighted by Gasteiger charge is -2.28. The summed E-state index contributed by atoms with van der Waals surface area (Å²) in [6.45, 7) is 12.2. The van der Waals surface area contributed by atoms with E-state index in [-0.39, 0.29) is 39.5 Å². The molecule has 0 saturated carbocycles. The van der Waals surface area contributed by atoms with Gasteiger partial charge in [0.05, 0.1) is 11.1 Å². The molecule has 0 heterocycles. The van der Waals surface area contributed by atoms with E-state index >= 15 is 0 Å². The van der Waals surface area contributed by atoms with E-state index in [1.165, 1.54) is 36.5 Å². The van der Waals surface area contributed by atoms with E-state index in [2.05, 4.69) is 10.5 Å². The van der Waals surface area contributed by atoms with E-state index in [0.29, 0.717) is 17.7 Å². The Morgan fingerprint density at radius 1 is 1.00 bits per heavy atom. The second-order valence-electron chi connectivity index (χ2n) is 11.7. The lowest BCUT2D eigenvalue weighted by atomic mass is 9.78. The van der Waals surface area contributed by atoms with Crippen LogP contribution in [0, 0.1) is 10.1 Å². The van der Waals surface area contributed by atoms with Crippen LogP contribution in [-0.2, 0) is 32.2 Å². The van der Waals surface area contributed by atoms with E-state index in [0.717, 1.165) is 22.8 Å². The molecule has 218 valence electrons. The number of carbonyl (C=O) groups excluding carboxylic acids is 1. The van der Waals surface area contributed by atoms with Crippen LogP contribution in [0.25, 0.3) is 0 Å². The average molecular weight is 582 g/mol. The number of hydrazone groups is 1. The molecule has 2 N–H and O–H groups in total. The lowest BCUT2D eigenvalue weighted by Crippen LogP contribution is -2.20. The maximum Gasteiger partial charge on any atom is 0.339 e. The van der Waals surface area contributed by atoms with Gasteiger partial charge in [0.1, 0.15) is 16.4 Å². The van der Waals surface area contributed by atoms with Gasteiger partial charge in [0.15, 0.2) is 0 Å². The molecule has 0 spiro atoms. The number of nitrogens with one attached hydrogen (secondary N) is 1. The number of nitro benzene ring substituents is 1. The van der Waals surface area contributed by atoms with Crippen LogP contribution in [0.4, 0.5) is 5.69 Å². The Labute approximate surface area is 240 Å². The van der Waals surface area contributed by atoms with Gasteiger partial charge < -0.3 is 9.29 Å². The maximum atomic E-state index is 12.5. The number of amides is 1. The Hall–Kier alpha value is -4.25. The monoisotopic (exact) mass is 581 g/mol. The molecule has 10 nitrogen and oxygen atoms in total. The van der Waals surface area contributed by atoms with Crippen LogP contribution in [0.2, 0.25) is 0 Å². The fraction of sp³-hybridized carbons (Fsp3) is 0.333. The molecule has 11 heteroatoms. The molecule has 0 atom stereocenters. The summed E-state index contributed by atoms with van der Waals surface area (Å²) in [6, 6.07) is 14.4. The molecule has 0 aliphatic carbocycles. The van der Waals surface area contributed by atoms with Crippen molar-refractivity contribution in [2.24, 2.45) is 5.10 Å². The molecule has 0 radical (unpaired) electrons. The quantitative estimate of drug-likeness (QED) is 0.142. The molecule has 3 aromatic carbocycles. The normalized spacial score (nSPS) is 12.3. The van der Waals surface area contributed by atoms with Crippen molar-refractivity contribution in [3.63, 3.8) is 0 Å². The first kappa shape index (κ1) is 31.3. The predicted molar refractivity (Wildman–Crippen MR) is 157 cm³/mol. The molecular weight excluding hydrogens is 546 g/mol. The Balaban J connectivity index is 1.60. The average Bonchev–Trinajstić information content (AvgIpc) is 2.87. The van der Waals surface area contributed by atoms with E-state index in [1.54, 1.807) is 12.1 Å². The first-order valence-corrected chi connectivity index (χ1v) is 14.4. The second kappa shape index (κ2) is 12.1. The van der Waals surface area contributed by atoms with E-state index in [9.17, 15) is 28.4 Å². The highest BCUT2D eigenvalue weighted by atomic mass is 32.2. The number of hydrogen-bond donors (Lipinski definition) is 2. The molecule has 1 amide bonds. The number of rotatable bonds is 9. The zero-order valence-corrected chi connectivity index (χ0v) is 24.8. The summed E-state index contributed by atoms with van der Waals surface area (Å²) < 4.78 is 30.1. The van der Waals surface area contributed by atoms with Gasteiger partial charge in [-0.2, -0.15) is 13.5 Å². The Morgan fingerprint density at radius 2 is 1.59 bits per heavy atom. The summed E-state index contributed by atoms with van der Waals surface area (Å²) in [5.41, 5.74) is 4.80. The van der Waals surface area contributed by atoms with Gasteiger partial charge in [-0.25, -0.2) is 5.43 Å². The van der Waals surface area contributed by atoms with Crippen LogP contribution in [0.1, 0.15) is 70.2 Å². The minimum absolute atomic E-state index is 0.0100. The zero-order chi connectivity index (χ0) is 30.6. The number of aryl methyl sites for hydroxylation is 1. The number of aromatic hydroxyl groups is 1. The van der Waals surface area contributed by atoms with E-state index in [1.807, 2.05) is 53.7 Å². The summed E-state index contributed by atoms with van der Waals surface area (Å²) in [4.78, 5) is 22.3. The third-order valence-electron chi connectivity index (χ3n) is 6.23. The minimum atomic E-state index is -4.27. The van der Waals surface area contributed by atoms with Gasteiger partial charge in [-0.15, -0.1) is 0 Å². The molecule has 0 unspecified atom stereocenters. The van der Waals surface area contributed by atoms with Crippen molar-refractivity contribution < 1.29 is 27.4 Å². The fourth-order valence-electron chi connectivity index (χ4n) is 4.01. The van der Waals surface area contributed by atoms with Crippen LogP contribution in [0.15, 0.2) is 70.7 Å². The largest absolute Gasteiger partial charge is 0.507 e. The van der Waals surface area contributed by atoms with Crippen molar-refractivity contribution in [2.75, 3.05) is 0 Å². The van der Waals surface area contributed by atoms with Gasteiger partial charge in [-0.05, 0) is 69.8 Å². The first-order chi connectivity index (χ1) is 19.0. The van der Waals surface area contributed by atoms with Crippen LogP contribution >= 0.6 is 0 Å². The van der Waals surface area contributed by atoms with Crippen LogP contribution < -0.4 is 9.61 Å². The van der Waals surface area contributed by atoms with Crippen molar-refractivity contribution in [3.8, 4) is 11.5 Å². The van der Waals surface area contributed by atoms with Crippen molar-refractivity contribution in [3.05, 3.63) is 93.0 Å². The third kappa shape index (κ3) is 8.37. The fourth-order valence-corrected chi connectivity index (χ4v) is 4.98. The lowest BCUT2D eigenvalue weighted by molar-refractivity contribution is -0.385. The summed E-state index contributed by atoms with van der Waals surface area (Å²) in [6.07, 6.45) is 2.07. The highest BCUT2D eigenvalue weighted by molar-refractivity contribution is 7.87.